The van der Waals surface area contributed by atoms with Gasteiger partial charge in [0.1, 0.15) is 6.29 Å². The van der Waals surface area contributed by atoms with Gasteiger partial charge in [-0.2, -0.15) is 0 Å². The van der Waals surface area contributed by atoms with E-state index in [0.717, 1.165) is 0 Å². The van der Waals surface area contributed by atoms with Gasteiger partial charge in [-0.05, 0) is 13.8 Å². The van der Waals surface area contributed by atoms with Crippen LogP contribution in [0.5, 0.6) is 0 Å². The van der Waals surface area contributed by atoms with E-state index in [1.54, 1.807) is 20.0 Å². The van der Waals surface area contributed by atoms with Crippen LogP contribution in [-0.4, -0.2) is 28.2 Å². The third-order valence-corrected chi connectivity index (χ3v) is 3.38. The summed E-state index contributed by atoms with van der Waals surface area (Å²) in [4.78, 5) is 0. The van der Waals surface area contributed by atoms with Crippen molar-refractivity contribution in [3.8, 4) is 0 Å². The lowest BCUT2D eigenvalue weighted by atomic mass is 10.9. The SMILES string of the molecule is CCOP(=O)(Cn1ccnn1)OCC. The Morgan fingerprint density at radius 3 is 2.43 bits per heavy atom. The third kappa shape index (κ3) is 3.21. The molecule has 0 unspecified atom stereocenters. The molecule has 1 aromatic rings. The van der Waals surface area contributed by atoms with E-state index >= 15 is 0 Å². The highest BCUT2D eigenvalue weighted by Crippen LogP contribution is 2.49. The summed E-state index contributed by atoms with van der Waals surface area (Å²) in [6, 6.07) is 0. The van der Waals surface area contributed by atoms with Crippen molar-refractivity contribution < 1.29 is 13.6 Å². The molecule has 0 N–H and O–H groups in total. The van der Waals surface area contributed by atoms with E-state index in [0.29, 0.717) is 13.2 Å². The van der Waals surface area contributed by atoms with Crippen LogP contribution in [0.2, 0.25) is 0 Å². The van der Waals surface area contributed by atoms with Gasteiger partial charge in [0, 0.05) is 6.20 Å². The molecule has 80 valence electrons. The molecule has 0 aliphatic heterocycles. The number of hydrogen-bond donors (Lipinski definition) is 0. The zero-order chi connectivity index (χ0) is 10.4. The highest BCUT2D eigenvalue weighted by molar-refractivity contribution is 7.52. The Labute approximate surface area is 82.7 Å². The molecule has 0 spiro atoms. The largest absolute Gasteiger partial charge is 0.351 e. The Balaban J connectivity index is 2.64. The minimum absolute atomic E-state index is 0.106. The summed E-state index contributed by atoms with van der Waals surface area (Å²) >= 11 is 0. The van der Waals surface area contributed by atoms with Crippen LogP contribution in [0.1, 0.15) is 13.8 Å². The Morgan fingerprint density at radius 1 is 1.36 bits per heavy atom. The van der Waals surface area contributed by atoms with Gasteiger partial charge in [0.05, 0.1) is 19.4 Å². The number of nitrogens with zero attached hydrogens (tertiary/aromatic N) is 3. The number of aromatic nitrogens is 3. The molecule has 0 amide bonds. The summed E-state index contributed by atoms with van der Waals surface area (Å²) in [5, 5.41) is 7.31. The van der Waals surface area contributed by atoms with Gasteiger partial charge in [-0.25, -0.2) is 4.68 Å². The van der Waals surface area contributed by atoms with Crippen molar-refractivity contribution in [3.63, 3.8) is 0 Å². The molecular formula is C7H14N3O3P. The van der Waals surface area contributed by atoms with Crippen LogP contribution < -0.4 is 0 Å². The van der Waals surface area contributed by atoms with Crippen LogP contribution in [0.4, 0.5) is 0 Å². The van der Waals surface area contributed by atoms with Crippen molar-refractivity contribution in [1.29, 1.82) is 0 Å². The molecule has 1 aromatic heterocycles. The normalized spacial score (nSPS) is 11.9. The molecule has 0 atom stereocenters. The van der Waals surface area contributed by atoms with Crippen molar-refractivity contribution in [2.24, 2.45) is 0 Å². The lowest BCUT2D eigenvalue weighted by Gasteiger charge is -2.16. The van der Waals surface area contributed by atoms with E-state index in [2.05, 4.69) is 10.3 Å². The van der Waals surface area contributed by atoms with E-state index < -0.39 is 7.60 Å². The van der Waals surface area contributed by atoms with Crippen LogP contribution in [0.25, 0.3) is 0 Å². The molecule has 0 aliphatic rings. The summed E-state index contributed by atoms with van der Waals surface area (Å²) < 4.78 is 23.6. The first-order valence-electron chi connectivity index (χ1n) is 4.42. The highest BCUT2D eigenvalue weighted by Gasteiger charge is 2.24. The van der Waals surface area contributed by atoms with Crippen molar-refractivity contribution in [3.05, 3.63) is 12.4 Å². The zero-order valence-electron chi connectivity index (χ0n) is 8.29. The standard InChI is InChI=1S/C7H14N3O3P/c1-3-12-14(11,13-4-2)7-10-6-5-8-9-10/h5-6H,3-4,7H2,1-2H3. The van der Waals surface area contributed by atoms with Crippen LogP contribution in [0.15, 0.2) is 12.4 Å². The monoisotopic (exact) mass is 219 g/mol. The van der Waals surface area contributed by atoms with Gasteiger partial charge in [-0.15, -0.1) is 5.10 Å². The second-order valence-electron chi connectivity index (χ2n) is 2.53. The fraction of sp³-hybridized carbons (Fsp3) is 0.714. The molecule has 14 heavy (non-hydrogen) atoms. The molecule has 0 fully saturated rings. The molecule has 1 heterocycles. The quantitative estimate of drug-likeness (QED) is 0.678. The Morgan fingerprint density at radius 2 is 2.00 bits per heavy atom. The Kier molecular flexibility index (Phi) is 4.25. The maximum Gasteiger partial charge on any atom is 0.351 e. The molecule has 0 saturated carbocycles. The van der Waals surface area contributed by atoms with E-state index in [1.165, 1.54) is 10.9 Å². The molecule has 1 rings (SSSR count). The van der Waals surface area contributed by atoms with Crippen LogP contribution in [0.3, 0.4) is 0 Å². The Bertz CT molecular complexity index is 291. The van der Waals surface area contributed by atoms with Crippen molar-refractivity contribution in [2.75, 3.05) is 13.2 Å². The molecule has 0 saturated heterocycles. The lowest BCUT2D eigenvalue weighted by molar-refractivity contribution is 0.213. The van der Waals surface area contributed by atoms with Crippen LogP contribution in [-0.2, 0) is 19.9 Å². The predicted octanol–water partition coefficient (Wildman–Crippen LogP) is 1.50. The third-order valence-electron chi connectivity index (χ3n) is 1.44. The highest BCUT2D eigenvalue weighted by atomic mass is 31.2. The minimum Gasteiger partial charge on any atom is -0.308 e. The molecule has 0 bridgehead atoms. The molecule has 0 aliphatic carbocycles. The summed E-state index contributed by atoms with van der Waals surface area (Å²) in [6.07, 6.45) is 3.24. The molecule has 7 heteroatoms. The molecule has 6 nitrogen and oxygen atoms in total. The van der Waals surface area contributed by atoms with Gasteiger partial charge in [0.2, 0.25) is 0 Å². The van der Waals surface area contributed by atoms with Gasteiger partial charge in [0.25, 0.3) is 0 Å². The van der Waals surface area contributed by atoms with E-state index in [-0.39, 0.29) is 6.29 Å². The fourth-order valence-corrected chi connectivity index (χ4v) is 2.53. The summed E-state index contributed by atoms with van der Waals surface area (Å²) in [5.41, 5.74) is 0. The predicted molar refractivity (Wildman–Crippen MR) is 50.9 cm³/mol. The average Bonchev–Trinajstić information content (AvgIpc) is 2.57. The van der Waals surface area contributed by atoms with Gasteiger partial charge >= 0.3 is 7.60 Å². The summed E-state index contributed by atoms with van der Waals surface area (Å²) in [7, 11) is -3.05. The molecule has 0 radical (unpaired) electrons. The van der Waals surface area contributed by atoms with E-state index in [9.17, 15) is 4.57 Å². The second kappa shape index (κ2) is 5.24. The number of rotatable bonds is 6. The number of hydrogen-bond acceptors (Lipinski definition) is 5. The van der Waals surface area contributed by atoms with Crippen LogP contribution >= 0.6 is 7.60 Å². The van der Waals surface area contributed by atoms with Crippen molar-refractivity contribution in [2.45, 2.75) is 20.1 Å². The fourth-order valence-electron chi connectivity index (χ4n) is 0.998. The van der Waals surface area contributed by atoms with Gasteiger partial charge in [-0.3, -0.25) is 4.57 Å². The minimum atomic E-state index is -3.05. The van der Waals surface area contributed by atoms with Crippen molar-refractivity contribution >= 4 is 7.60 Å². The molecular weight excluding hydrogens is 205 g/mol. The van der Waals surface area contributed by atoms with Crippen molar-refractivity contribution in [1.82, 2.24) is 15.0 Å². The second-order valence-corrected chi connectivity index (χ2v) is 4.55. The maximum absolute atomic E-state index is 11.9. The first-order chi connectivity index (χ1) is 6.70. The summed E-state index contributed by atoms with van der Waals surface area (Å²) in [6.45, 7) is 4.25. The van der Waals surface area contributed by atoms with Crippen LogP contribution in [0, 0.1) is 0 Å². The first-order valence-corrected chi connectivity index (χ1v) is 6.15. The summed E-state index contributed by atoms with van der Waals surface area (Å²) in [5.74, 6) is 0. The zero-order valence-corrected chi connectivity index (χ0v) is 9.18. The van der Waals surface area contributed by atoms with Gasteiger partial charge in [-0.1, -0.05) is 5.21 Å². The Hall–Kier alpha value is -0.710. The average molecular weight is 219 g/mol. The maximum atomic E-state index is 11.9. The smallest absolute Gasteiger partial charge is 0.308 e. The van der Waals surface area contributed by atoms with E-state index in [1.807, 2.05) is 0 Å². The van der Waals surface area contributed by atoms with E-state index in [4.69, 9.17) is 9.05 Å². The first kappa shape index (κ1) is 11.4. The lowest BCUT2D eigenvalue weighted by Crippen LogP contribution is -2.05. The van der Waals surface area contributed by atoms with Gasteiger partial charge < -0.3 is 9.05 Å². The van der Waals surface area contributed by atoms with Gasteiger partial charge in [0.15, 0.2) is 0 Å². The topological polar surface area (TPSA) is 66.2 Å². The molecule has 0 aromatic carbocycles.